The molecule has 19 nitrogen and oxygen atoms in total. The van der Waals surface area contributed by atoms with Gasteiger partial charge in [0.15, 0.2) is 29.6 Å². The lowest BCUT2D eigenvalue weighted by atomic mass is 9.44. The molecule has 3 aliphatic heterocycles. The number of aliphatic hydroxyl groups excluding tert-OH is 4. The van der Waals surface area contributed by atoms with Crippen molar-refractivity contribution < 1.29 is 82.9 Å². The van der Waals surface area contributed by atoms with Crippen LogP contribution in [0.1, 0.15) is 168 Å². The highest BCUT2D eigenvalue weighted by Gasteiger charge is 2.76. The second-order valence-electron chi connectivity index (χ2n) is 28.4. The normalized spacial score (nSPS) is 49.0. The third-order valence-electron chi connectivity index (χ3n) is 22.3. The van der Waals surface area contributed by atoms with Gasteiger partial charge in [-0.25, -0.2) is 4.39 Å². The third-order valence-corrected chi connectivity index (χ3v) is 22.3. The summed E-state index contributed by atoms with van der Waals surface area (Å²) in [6.45, 7) is 26.0. The lowest BCUT2D eigenvalue weighted by Crippen LogP contribution is -2.70. The van der Waals surface area contributed by atoms with E-state index in [0.717, 1.165) is 19.4 Å². The number of likely N-dealkylation sites (N-methyl/N-ethyl adjacent to an activating group) is 1. The van der Waals surface area contributed by atoms with E-state index in [1.54, 1.807) is 75.3 Å². The monoisotopic (exact) mass is 1190 g/mol. The van der Waals surface area contributed by atoms with Gasteiger partial charge in [0, 0.05) is 67.9 Å². The highest BCUT2D eigenvalue weighted by Crippen LogP contribution is 2.70. The van der Waals surface area contributed by atoms with Crippen LogP contribution in [0.3, 0.4) is 0 Å². The molecule has 482 valence electrons. The number of halogens is 1. The van der Waals surface area contributed by atoms with Gasteiger partial charge in [-0.1, -0.05) is 59.6 Å². The van der Waals surface area contributed by atoms with Crippen LogP contribution in [-0.4, -0.2) is 211 Å². The van der Waals surface area contributed by atoms with Crippen LogP contribution < -0.4 is 5.32 Å². The molecule has 4 unspecified atom stereocenters. The minimum atomic E-state index is -2.13. The number of fused-ring (bicyclic) bond motifs is 5. The molecule has 0 radical (unpaired) electrons. The Morgan fingerprint density at radius 2 is 1.57 bits per heavy atom. The van der Waals surface area contributed by atoms with Crippen molar-refractivity contribution in [2.45, 2.75) is 275 Å². The Kier molecular flexibility index (Phi) is 21.4. The first-order valence-electron chi connectivity index (χ1n) is 31.7. The number of carbonyl (C=O) groups is 3. The van der Waals surface area contributed by atoms with Crippen molar-refractivity contribution in [3.63, 3.8) is 0 Å². The van der Waals surface area contributed by atoms with Crippen molar-refractivity contribution in [2.75, 3.05) is 40.3 Å². The van der Waals surface area contributed by atoms with Crippen molar-refractivity contribution in [3.05, 3.63) is 23.8 Å². The molecule has 0 bridgehead atoms. The summed E-state index contributed by atoms with van der Waals surface area (Å²) in [6.07, 6.45) is -3.72. The summed E-state index contributed by atoms with van der Waals surface area (Å²) in [5, 5.41) is 89.0. The van der Waals surface area contributed by atoms with Gasteiger partial charge in [0.2, 0.25) is 0 Å². The number of hydrogen-bond acceptors (Lipinski definition) is 18. The molecule has 0 aromatic carbocycles. The first kappa shape index (κ1) is 68.9. The minimum Gasteiger partial charge on any atom is -0.459 e. The van der Waals surface area contributed by atoms with E-state index >= 15 is 4.39 Å². The zero-order valence-corrected chi connectivity index (χ0v) is 53.4. The van der Waals surface area contributed by atoms with E-state index in [-0.39, 0.29) is 69.2 Å². The number of hydrogen-bond donors (Lipinski definition) is 8. The van der Waals surface area contributed by atoms with Crippen LogP contribution in [0.5, 0.6) is 0 Å². The maximum absolute atomic E-state index is 17.9. The number of ether oxygens (including phenoxy) is 6. The SMILES string of the molecule is CCCCN(C)[C@H]1C[C@@H](C)OC(O[C@@H]2[C@H](C)[C@H](OC3C[C@@](C)(OC)[C@@H](O)[C@H](C)O3)[C@@H](C)C(=O)O[C@H](CC)[C@@](C)(O)[C@H](O)[C@@H](C)N(CCCNC(=O)[C@@]3(O)[C@H](C)CC4C5CCC6=CC(=O)C=C[C@]6(C)[C@@]5(F)[C@@H](O)C[C@@]43C)C[C@H](C)C[C@@]2(C)O)[C@@H]1O. The summed E-state index contributed by atoms with van der Waals surface area (Å²) < 4.78 is 56.6. The number of esters is 1. The summed E-state index contributed by atoms with van der Waals surface area (Å²) in [6, 6.07) is -1.15. The standard InChI is InChI=1S/C64H108FN3O16/c1-17-19-26-67(15)46-29-37(5)80-56(50(46)71)84-54-38(6)51(83-49-33-61(13,79-16)53(73)41(9)81-49)39(7)55(74)82-48(18-2)62(14,77)52(72)40(8)68(34-35(3)31-60(54,12)76)27-20-25-66-57(75)64(78)36(4)28-45-44-22-21-42-30-43(69)23-24-58(42,10)63(44,65)47(70)32-59(45,64)11/h23-24,30,35-41,44-54,56,70-73,76-78H,17-22,25-29,31-34H2,1-16H3,(H,66,75)/t35-,36-,37-,38-,39-,40-,41+,44?,45?,46+,47+,48-,49?,50-,51+,52-,53+,54-,56?,58+,59+,60-,61-,62-,63+,64+/m1/s1. The Morgan fingerprint density at radius 3 is 2.21 bits per heavy atom. The number of amides is 1. The number of cyclic esters (lactones) is 1. The van der Waals surface area contributed by atoms with Gasteiger partial charge in [-0.2, -0.15) is 0 Å². The molecule has 4 aliphatic carbocycles. The Morgan fingerprint density at radius 1 is 0.893 bits per heavy atom. The number of nitrogens with zero attached hydrogens (tertiary/aromatic N) is 2. The number of unbranched alkanes of at least 4 members (excludes halogenated alkanes) is 1. The molecule has 3 heterocycles. The lowest BCUT2D eigenvalue weighted by Gasteiger charge is -2.62. The molecule has 8 N–H and O–H groups in total. The molecule has 6 fully saturated rings. The highest BCUT2D eigenvalue weighted by molar-refractivity contribution is 6.01. The molecule has 0 spiro atoms. The van der Waals surface area contributed by atoms with Crippen LogP contribution >= 0.6 is 0 Å². The predicted molar refractivity (Wildman–Crippen MR) is 312 cm³/mol. The van der Waals surface area contributed by atoms with Crippen LogP contribution in [0, 0.1) is 46.3 Å². The maximum Gasteiger partial charge on any atom is 0.311 e. The molecule has 7 aliphatic rings. The first-order valence-corrected chi connectivity index (χ1v) is 31.7. The highest BCUT2D eigenvalue weighted by atomic mass is 19.1. The Hall–Kier alpha value is -2.54. The van der Waals surface area contributed by atoms with Crippen LogP contribution in [0.2, 0.25) is 0 Å². The Balaban J connectivity index is 1.17. The van der Waals surface area contributed by atoms with E-state index < -0.39 is 148 Å². The average molecular weight is 1190 g/mol. The molecular formula is C64H108FN3O16. The Labute approximate surface area is 499 Å². The van der Waals surface area contributed by atoms with E-state index in [4.69, 9.17) is 28.4 Å². The fourth-order valence-electron chi connectivity index (χ4n) is 17.0. The molecule has 7 rings (SSSR count). The van der Waals surface area contributed by atoms with E-state index in [0.29, 0.717) is 37.7 Å². The summed E-state index contributed by atoms with van der Waals surface area (Å²) in [4.78, 5) is 46.0. The van der Waals surface area contributed by atoms with Gasteiger partial charge in [0.25, 0.3) is 5.91 Å². The van der Waals surface area contributed by atoms with Gasteiger partial charge >= 0.3 is 5.97 Å². The van der Waals surface area contributed by atoms with Gasteiger partial charge in [-0.05, 0) is 157 Å². The van der Waals surface area contributed by atoms with Gasteiger partial charge < -0.3 is 74.4 Å². The fraction of sp³-hybridized carbons (Fsp3) is 0.891. The minimum absolute atomic E-state index is 0.0656. The quantitative estimate of drug-likeness (QED) is 0.0764. The van der Waals surface area contributed by atoms with Gasteiger partial charge in [0.05, 0.1) is 47.6 Å². The summed E-state index contributed by atoms with van der Waals surface area (Å²) in [7, 11) is 3.46. The van der Waals surface area contributed by atoms with Gasteiger partial charge in [-0.3, -0.25) is 19.3 Å². The number of carbonyl (C=O) groups excluding carboxylic acids is 3. The van der Waals surface area contributed by atoms with Crippen molar-refractivity contribution in [1.82, 2.24) is 15.1 Å². The number of methoxy groups -OCH3 is 1. The second-order valence-corrected chi connectivity index (χ2v) is 28.4. The zero-order valence-electron chi connectivity index (χ0n) is 53.4. The second kappa shape index (κ2) is 26.1. The van der Waals surface area contributed by atoms with Crippen molar-refractivity contribution in [1.29, 1.82) is 0 Å². The largest absolute Gasteiger partial charge is 0.459 e. The predicted octanol–water partition coefficient (Wildman–Crippen LogP) is 5.30. The van der Waals surface area contributed by atoms with Gasteiger partial charge in [0.1, 0.15) is 30.0 Å². The number of alkyl halides is 1. The van der Waals surface area contributed by atoms with Crippen LogP contribution in [-0.2, 0) is 42.8 Å². The number of allylic oxidation sites excluding steroid dienone is 4. The number of nitrogens with one attached hydrogen (secondary N) is 1. The van der Waals surface area contributed by atoms with Crippen molar-refractivity contribution in [2.24, 2.45) is 46.3 Å². The Bertz CT molecular complexity index is 2360. The summed E-state index contributed by atoms with van der Waals surface area (Å²) in [5.41, 5.74) is -10.7. The zero-order chi connectivity index (χ0) is 62.6. The molecule has 26 atom stereocenters. The molecular weight excluding hydrogens is 1090 g/mol. The number of aliphatic hydroxyl groups is 7. The molecule has 3 saturated heterocycles. The summed E-state index contributed by atoms with van der Waals surface area (Å²) in [5.74, 6) is -5.72. The summed E-state index contributed by atoms with van der Waals surface area (Å²) >= 11 is 0. The molecule has 1 amide bonds. The molecule has 0 aromatic heterocycles. The van der Waals surface area contributed by atoms with Crippen molar-refractivity contribution >= 4 is 17.7 Å². The number of ketones is 1. The maximum atomic E-state index is 17.9. The topological polar surface area (TPSA) is 267 Å². The van der Waals surface area contributed by atoms with Gasteiger partial charge in [-0.15, -0.1) is 0 Å². The van der Waals surface area contributed by atoms with Crippen molar-refractivity contribution in [3.8, 4) is 0 Å². The molecule has 0 aromatic rings. The van der Waals surface area contributed by atoms with Crippen LogP contribution in [0.4, 0.5) is 4.39 Å². The fourth-order valence-corrected chi connectivity index (χ4v) is 17.0. The number of rotatable bonds is 15. The van der Waals surface area contributed by atoms with E-state index in [9.17, 15) is 50.1 Å². The molecule has 84 heavy (non-hydrogen) atoms. The molecule has 20 heteroatoms. The lowest BCUT2D eigenvalue weighted by molar-refractivity contribution is -0.318. The third kappa shape index (κ3) is 12.5. The van der Waals surface area contributed by atoms with E-state index in [1.807, 2.05) is 25.8 Å². The van der Waals surface area contributed by atoms with E-state index in [2.05, 4.69) is 17.1 Å². The van der Waals surface area contributed by atoms with Crippen LogP contribution in [0.25, 0.3) is 0 Å². The molecule has 3 saturated carbocycles. The smallest absolute Gasteiger partial charge is 0.311 e. The van der Waals surface area contributed by atoms with Crippen LogP contribution in [0.15, 0.2) is 23.8 Å². The average Bonchev–Trinajstić information content (AvgIpc) is 1.37. The first-order chi connectivity index (χ1) is 39.0. The van der Waals surface area contributed by atoms with E-state index in [1.165, 1.54) is 26.2 Å².